The summed E-state index contributed by atoms with van der Waals surface area (Å²) in [5.41, 5.74) is 0.910. The SMILES string of the molecule is C=CCCC(NC(=O)C(C)c1c(C)nn(CC(F)(F)F)c1C)C(=O)O. The third kappa shape index (κ3) is 5.61. The lowest BCUT2D eigenvalue weighted by Crippen LogP contribution is -2.42. The summed E-state index contributed by atoms with van der Waals surface area (Å²) in [5.74, 6) is -2.58. The van der Waals surface area contributed by atoms with E-state index in [1.807, 2.05) is 0 Å². The number of allylic oxidation sites excluding steroid dienone is 1. The molecule has 0 aliphatic carbocycles. The Labute approximate surface area is 143 Å². The van der Waals surface area contributed by atoms with Crippen molar-refractivity contribution in [2.24, 2.45) is 0 Å². The monoisotopic (exact) mass is 361 g/mol. The molecular weight excluding hydrogens is 339 g/mol. The van der Waals surface area contributed by atoms with E-state index >= 15 is 0 Å². The zero-order valence-corrected chi connectivity index (χ0v) is 14.4. The fraction of sp³-hybridized carbons (Fsp3) is 0.562. The molecule has 0 aromatic carbocycles. The van der Waals surface area contributed by atoms with Crippen molar-refractivity contribution >= 4 is 11.9 Å². The second kappa shape index (κ2) is 8.17. The normalized spacial score (nSPS) is 14.0. The molecule has 0 saturated carbocycles. The van der Waals surface area contributed by atoms with Crippen LogP contribution in [0.15, 0.2) is 12.7 Å². The number of nitrogens with zero attached hydrogens (tertiary/aromatic N) is 2. The molecule has 2 atom stereocenters. The molecule has 1 amide bonds. The average molecular weight is 361 g/mol. The molecule has 0 aliphatic rings. The third-order valence-corrected chi connectivity index (χ3v) is 3.87. The van der Waals surface area contributed by atoms with Crippen molar-refractivity contribution in [3.63, 3.8) is 0 Å². The summed E-state index contributed by atoms with van der Waals surface area (Å²) < 4.78 is 38.6. The van der Waals surface area contributed by atoms with E-state index in [2.05, 4.69) is 17.0 Å². The Morgan fingerprint density at radius 3 is 2.48 bits per heavy atom. The van der Waals surface area contributed by atoms with Crippen LogP contribution in [0.1, 0.15) is 42.6 Å². The van der Waals surface area contributed by atoms with Gasteiger partial charge in [0.15, 0.2) is 0 Å². The minimum Gasteiger partial charge on any atom is -0.480 e. The molecule has 0 radical (unpaired) electrons. The largest absolute Gasteiger partial charge is 0.480 e. The van der Waals surface area contributed by atoms with E-state index in [1.165, 1.54) is 20.8 Å². The van der Waals surface area contributed by atoms with Crippen LogP contribution >= 0.6 is 0 Å². The number of hydrogen-bond acceptors (Lipinski definition) is 3. The van der Waals surface area contributed by atoms with Gasteiger partial charge in [0.25, 0.3) is 0 Å². The number of nitrogens with one attached hydrogen (secondary N) is 1. The Balaban J connectivity index is 2.98. The van der Waals surface area contributed by atoms with Crippen LogP contribution in [0.4, 0.5) is 13.2 Å². The molecule has 25 heavy (non-hydrogen) atoms. The van der Waals surface area contributed by atoms with Gasteiger partial charge in [0.1, 0.15) is 12.6 Å². The van der Waals surface area contributed by atoms with Gasteiger partial charge >= 0.3 is 12.1 Å². The summed E-state index contributed by atoms with van der Waals surface area (Å²) in [6, 6.07) is -1.08. The molecule has 0 fully saturated rings. The van der Waals surface area contributed by atoms with E-state index < -0.39 is 36.6 Å². The summed E-state index contributed by atoms with van der Waals surface area (Å²) in [4.78, 5) is 23.6. The van der Waals surface area contributed by atoms with Crippen LogP contribution < -0.4 is 5.32 Å². The van der Waals surface area contributed by atoms with Gasteiger partial charge in [0, 0.05) is 11.3 Å². The van der Waals surface area contributed by atoms with Crippen molar-refractivity contribution in [3.05, 3.63) is 29.6 Å². The van der Waals surface area contributed by atoms with Crippen molar-refractivity contribution in [1.29, 1.82) is 0 Å². The Bertz CT molecular complexity index is 653. The maximum Gasteiger partial charge on any atom is 0.408 e. The fourth-order valence-electron chi connectivity index (χ4n) is 2.63. The molecule has 0 spiro atoms. The van der Waals surface area contributed by atoms with Crippen LogP contribution in [-0.2, 0) is 16.1 Å². The molecule has 2 N–H and O–H groups in total. The number of carbonyl (C=O) groups excluding carboxylic acids is 1. The highest BCUT2D eigenvalue weighted by molar-refractivity contribution is 5.88. The summed E-state index contributed by atoms with van der Waals surface area (Å²) in [6.07, 6.45) is -2.29. The Hall–Kier alpha value is -2.32. The molecule has 0 aliphatic heterocycles. The standard InChI is InChI=1S/C16H22F3N3O3/c1-5-6-7-12(15(24)25)20-14(23)9(2)13-10(3)21-22(11(13)4)8-16(17,18)19/h5,9,12H,1,6-8H2,2-4H3,(H,20,23)(H,24,25). The van der Waals surface area contributed by atoms with Crippen molar-refractivity contribution < 1.29 is 27.9 Å². The quantitative estimate of drug-likeness (QED) is 0.698. The van der Waals surface area contributed by atoms with Gasteiger partial charge in [-0.15, -0.1) is 6.58 Å². The topological polar surface area (TPSA) is 84.2 Å². The predicted molar refractivity (Wildman–Crippen MR) is 85.2 cm³/mol. The average Bonchev–Trinajstić information content (AvgIpc) is 2.74. The van der Waals surface area contributed by atoms with Crippen molar-refractivity contribution in [2.45, 2.75) is 58.3 Å². The van der Waals surface area contributed by atoms with Gasteiger partial charge in [-0.2, -0.15) is 18.3 Å². The number of aliphatic carboxylic acids is 1. The summed E-state index contributed by atoms with van der Waals surface area (Å²) in [5, 5.41) is 15.4. The van der Waals surface area contributed by atoms with Gasteiger partial charge < -0.3 is 10.4 Å². The molecule has 1 heterocycles. The number of aromatic nitrogens is 2. The van der Waals surface area contributed by atoms with E-state index in [0.717, 1.165) is 4.68 Å². The first-order valence-corrected chi connectivity index (χ1v) is 7.72. The number of rotatable bonds is 8. The Morgan fingerprint density at radius 2 is 2.00 bits per heavy atom. The molecule has 140 valence electrons. The van der Waals surface area contributed by atoms with Crippen molar-refractivity contribution in [1.82, 2.24) is 15.1 Å². The van der Waals surface area contributed by atoms with Gasteiger partial charge in [-0.05, 0) is 33.6 Å². The zero-order chi connectivity index (χ0) is 19.4. The summed E-state index contributed by atoms with van der Waals surface area (Å²) in [7, 11) is 0. The second-order valence-electron chi connectivity index (χ2n) is 5.84. The van der Waals surface area contributed by atoms with Crippen LogP contribution in [0.2, 0.25) is 0 Å². The lowest BCUT2D eigenvalue weighted by Gasteiger charge is -2.18. The maximum atomic E-state index is 12.6. The molecule has 0 saturated heterocycles. The van der Waals surface area contributed by atoms with E-state index in [-0.39, 0.29) is 12.1 Å². The van der Waals surface area contributed by atoms with Gasteiger partial charge in [-0.3, -0.25) is 9.48 Å². The minimum absolute atomic E-state index is 0.183. The molecular formula is C16H22F3N3O3. The first kappa shape index (κ1) is 20.7. The molecule has 0 bridgehead atoms. The lowest BCUT2D eigenvalue weighted by molar-refractivity contribution is -0.143. The molecule has 2 unspecified atom stereocenters. The highest BCUT2D eigenvalue weighted by Gasteiger charge is 2.32. The number of amides is 1. The first-order valence-electron chi connectivity index (χ1n) is 7.72. The fourth-order valence-corrected chi connectivity index (χ4v) is 2.63. The number of carboxylic acids is 1. The molecule has 9 heteroatoms. The van der Waals surface area contributed by atoms with Gasteiger partial charge in [-0.25, -0.2) is 4.79 Å². The second-order valence-corrected chi connectivity index (χ2v) is 5.84. The summed E-state index contributed by atoms with van der Waals surface area (Å²) in [6.45, 7) is 6.74. The van der Waals surface area contributed by atoms with E-state index in [0.29, 0.717) is 17.7 Å². The molecule has 1 aromatic heterocycles. The van der Waals surface area contributed by atoms with Crippen LogP contribution in [0, 0.1) is 13.8 Å². The molecule has 1 rings (SSSR count). The van der Waals surface area contributed by atoms with Crippen LogP contribution in [-0.4, -0.2) is 39.0 Å². The minimum atomic E-state index is -4.43. The Morgan fingerprint density at radius 1 is 1.40 bits per heavy atom. The molecule has 1 aromatic rings. The van der Waals surface area contributed by atoms with Crippen molar-refractivity contribution in [3.8, 4) is 0 Å². The smallest absolute Gasteiger partial charge is 0.408 e. The first-order chi connectivity index (χ1) is 11.5. The Kier molecular flexibility index (Phi) is 6.78. The maximum absolute atomic E-state index is 12.6. The van der Waals surface area contributed by atoms with E-state index in [1.54, 1.807) is 6.08 Å². The van der Waals surface area contributed by atoms with Crippen LogP contribution in [0.3, 0.4) is 0 Å². The number of halogens is 3. The third-order valence-electron chi connectivity index (χ3n) is 3.87. The number of alkyl halides is 3. The number of carboxylic acid groups (broad SMARTS) is 1. The van der Waals surface area contributed by atoms with Gasteiger partial charge in [-0.1, -0.05) is 6.08 Å². The van der Waals surface area contributed by atoms with Crippen LogP contribution in [0.5, 0.6) is 0 Å². The highest BCUT2D eigenvalue weighted by atomic mass is 19.4. The van der Waals surface area contributed by atoms with Crippen molar-refractivity contribution in [2.75, 3.05) is 0 Å². The number of aryl methyl sites for hydroxylation is 1. The predicted octanol–water partition coefficient (Wildman–Crippen LogP) is 2.70. The van der Waals surface area contributed by atoms with Gasteiger partial charge in [0.05, 0.1) is 11.6 Å². The molecule has 6 nitrogen and oxygen atoms in total. The van der Waals surface area contributed by atoms with Crippen LogP contribution in [0.25, 0.3) is 0 Å². The number of hydrogen-bond donors (Lipinski definition) is 2. The number of carbonyl (C=O) groups is 2. The lowest BCUT2D eigenvalue weighted by atomic mass is 9.97. The summed E-state index contributed by atoms with van der Waals surface area (Å²) >= 11 is 0. The van der Waals surface area contributed by atoms with E-state index in [9.17, 15) is 22.8 Å². The highest BCUT2D eigenvalue weighted by Crippen LogP contribution is 2.26. The van der Waals surface area contributed by atoms with E-state index in [4.69, 9.17) is 5.11 Å². The van der Waals surface area contributed by atoms with Gasteiger partial charge in [0.2, 0.25) is 5.91 Å². The zero-order valence-electron chi connectivity index (χ0n) is 14.4.